The molecule has 3 rings (SSSR count). The number of aryl methyl sites for hydroxylation is 2. The summed E-state index contributed by atoms with van der Waals surface area (Å²) in [4.78, 5) is 46.6. The monoisotopic (exact) mass is 465 g/mol. The molecule has 2 N–H and O–H groups in total. The number of nitrogens with zero attached hydrogens (tertiary/aromatic N) is 3. The molecule has 2 heterocycles. The van der Waals surface area contributed by atoms with Crippen molar-refractivity contribution in [2.45, 2.75) is 62.9 Å². The van der Waals surface area contributed by atoms with Crippen LogP contribution in [0.4, 0.5) is 4.79 Å². The van der Waals surface area contributed by atoms with Gasteiger partial charge in [-0.3, -0.25) is 19.5 Å². The van der Waals surface area contributed by atoms with Crippen LogP contribution in [0.15, 0.2) is 9.95 Å². The molecule has 31 heavy (non-hydrogen) atoms. The van der Waals surface area contributed by atoms with Gasteiger partial charge in [0, 0.05) is 18.0 Å². The van der Waals surface area contributed by atoms with Crippen molar-refractivity contribution in [1.82, 2.24) is 25.1 Å². The van der Waals surface area contributed by atoms with Gasteiger partial charge in [-0.15, -0.1) is 11.3 Å². The molecule has 0 saturated carbocycles. The van der Waals surface area contributed by atoms with Crippen LogP contribution in [-0.4, -0.2) is 58.8 Å². The number of carbonyl (C=O) groups is 2. The van der Waals surface area contributed by atoms with Gasteiger partial charge in [-0.05, 0) is 72.2 Å². The predicted molar refractivity (Wildman–Crippen MR) is 126 cm³/mol. The van der Waals surface area contributed by atoms with Crippen LogP contribution < -0.4 is 16.2 Å². The Morgan fingerprint density at radius 1 is 1.29 bits per heavy atom. The summed E-state index contributed by atoms with van der Waals surface area (Å²) in [5.41, 5.74) is 1.16. The summed E-state index contributed by atoms with van der Waals surface area (Å²) in [6.45, 7) is 5.34. The van der Waals surface area contributed by atoms with E-state index >= 15 is 0 Å². The normalized spacial score (nSPS) is 14.5. The molecule has 8 nitrogen and oxygen atoms in total. The van der Waals surface area contributed by atoms with Crippen LogP contribution in [0.2, 0.25) is 0 Å². The van der Waals surface area contributed by atoms with E-state index in [1.54, 1.807) is 29.8 Å². The van der Waals surface area contributed by atoms with E-state index in [0.29, 0.717) is 18.2 Å². The summed E-state index contributed by atoms with van der Waals surface area (Å²) in [6.07, 6.45) is 4.99. The second-order valence-electron chi connectivity index (χ2n) is 8.01. The van der Waals surface area contributed by atoms with Gasteiger partial charge in [0.1, 0.15) is 4.83 Å². The van der Waals surface area contributed by atoms with Crippen molar-refractivity contribution in [2.24, 2.45) is 0 Å². The number of rotatable bonds is 8. The number of hydrogen-bond acceptors (Lipinski definition) is 7. The maximum Gasteiger partial charge on any atom is 0.321 e. The molecular formula is C21H31N5O3S2. The standard InChI is InChI=1S/C21H31N5O3S2/c1-5-22-20(29)23-17(27)13(2)30-21-24-18-16(14-9-6-7-10-15(14)31-18)19(28)26(21)12-8-11-25(3)4/h13H,5-12H2,1-4H3,(H2,22,23,27,29). The fourth-order valence-electron chi connectivity index (χ4n) is 3.68. The lowest BCUT2D eigenvalue weighted by atomic mass is 9.97. The molecule has 0 bridgehead atoms. The highest BCUT2D eigenvalue weighted by atomic mass is 32.2. The van der Waals surface area contributed by atoms with Gasteiger partial charge < -0.3 is 10.2 Å². The van der Waals surface area contributed by atoms with Gasteiger partial charge >= 0.3 is 6.03 Å². The van der Waals surface area contributed by atoms with Gasteiger partial charge in [-0.2, -0.15) is 0 Å². The average molecular weight is 466 g/mol. The topological polar surface area (TPSA) is 96.3 Å². The Kier molecular flexibility index (Phi) is 8.12. The zero-order valence-electron chi connectivity index (χ0n) is 18.6. The zero-order chi connectivity index (χ0) is 22.5. The van der Waals surface area contributed by atoms with E-state index in [1.807, 2.05) is 14.1 Å². The number of urea groups is 1. The van der Waals surface area contributed by atoms with Gasteiger partial charge in [-0.1, -0.05) is 11.8 Å². The maximum absolute atomic E-state index is 13.5. The van der Waals surface area contributed by atoms with Crippen LogP contribution in [0.3, 0.4) is 0 Å². The van der Waals surface area contributed by atoms with Crippen molar-refractivity contribution in [1.29, 1.82) is 0 Å². The van der Waals surface area contributed by atoms with E-state index in [0.717, 1.165) is 48.9 Å². The summed E-state index contributed by atoms with van der Waals surface area (Å²) in [5, 5.41) is 5.62. The molecule has 0 radical (unpaired) electrons. The smallest absolute Gasteiger partial charge is 0.321 e. The van der Waals surface area contributed by atoms with Gasteiger partial charge in [0.25, 0.3) is 5.56 Å². The van der Waals surface area contributed by atoms with Crippen molar-refractivity contribution in [3.8, 4) is 0 Å². The molecular weight excluding hydrogens is 434 g/mol. The molecule has 2 aromatic heterocycles. The lowest BCUT2D eigenvalue weighted by Gasteiger charge is -2.17. The van der Waals surface area contributed by atoms with Crippen LogP contribution in [0.25, 0.3) is 10.2 Å². The van der Waals surface area contributed by atoms with E-state index in [-0.39, 0.29) is 5.56 Å². The summed E-state index contributed by atoms with van der Waals surface area (Å²) in [7, 11) is 4.01. The number of thioether (sulfide) groups is 1. The lowest BCUT2D eigenvalue weighted by Crippen LogP contribution is -2.42. The molecule has 0 spiro atoms. The summed E-state index contributed by atoms with van der Waals surface area (Å²) < 4.78 is 1.72. The number of imide groups is 1. The molecule has 1 atom stereocenters. The maximum atomic E-state index is 13.5. The molecule has 0 saturated heterocycles. The summed E-state index contributed by atoms with van der Waals surface area (Å²) in [5.74, 6) is -0.407. The van der Waals surface area contributed by atoms with Crippen LogP contribution in [0.5, 0.6) is 0 Å². The first-order valence-electron chi connectivity index (χ1n) is 10.8. The van der Waals surface area contributed by atoms with Crippen molar-refractivity contribution < 1.29 is 9.59 Å². The van der Waals surface area contributed by atoms with E-state index in [4.69, 9.17) is 4.98 Å². The Hall–Kier alpha value is -1.91. The molecule has 0 aliphatic heterocycles. The second kappa shape index (κ2) is 10.6. The van der Waals surface area contributed by atoms with E-state index in [1.165, 1.54) is 22.2 Å². The summed E-state index contributed by atoms with van der Waals surface area (Å²) >= 11 is 2.83. The minimum absolute atomic E-state index is 0.0120. The highest BCUT2D eigenvalue weighted by Gasteiger charge is 2.25. The Bertz CT molecular complexity index is 1010. The summed E-state index contributed by atoms with van der Waals surface area (Å²) in [6, 6.07) is -0.516. The molecule has 0 aromatic carbocycles. The highest BCUT2D eigenvalue weighted by Crippen LogP contribution is 2.35. The van der Waals surface area contributed by atoms with Crippen LogP contribution in [0, 0.1) is 0 Å². The van der Waals surface area contributed by atoms with Gasteiger partial charge in [0.05, 0.1) is 10.6 Å². The van der Waals surface area contributed by atoms with Crippen LogP contribution >= 0.6 is 23.1 Å². The SMILES string of the molecule is CCNC(=O)NC(=O)C(C)Sc1nc2sc3c(c2c(=O)n1CCCN(C)C)CCCC3. The van der Waals surface area contributed by atoms with Crippen molar-refractivity contribution in [3.63, 3.8) is 0 Å². The zero-order valence-corrected chi connectivity index (χ0v) is 20.3. The number of carbonyl (C=O) groups excluding carboxylic acids is 2. The third kappa shape index (κ3) is 5.67. The molecule has 3 amide bonds. The molecule has 1 unspecified atom stereocenters. The van der Waals surface area contributed by atoms with Gasteiger partial charge in [0.15, 0.2) is 5.16 Å². The number of amides is 3. The minimum Gasteiger partial charge on any atom is -0.338 e. The van der Waals surface area contributed by atoms with Gasteiger partial charge in [0.2, 0.25) is 5.91 Å². The Labute approximate surface area is 190 Å². The molecule has 170 valence electrons. The first kappa shape index (κ1) is 23.7. The molecule has 0 fully saturated rings. The largest absolute Gasteiger partial charge is 0.338 e. The first-order chi connectivity index (χ1) is 14.8. The van der Waals surface area contributed by atoms with Crippen LogP contribution in [-0.2, 0) is 24.2 Å². The van der Waals surface area contributed by atoms with Crippen molar-refractivity contribution >= 4 is 45.3 Å². The number of thiophene rings is 1. The number of fused-ring (bicyclic) bond motifs is 3. The quantitative estimate of drug-likeness (QED) is 0.460. The molecule has 10 heteroatoms. The van der Waals surface area contributed by atoms with E-state index < -0.39 is 17.2 Å². The van der Waals surface area contributed by atoms with Gasteiger partial charge in [-0.25, -0.2) is 9.78 Å². The van der Waals surface area contributed by atoms with E-state index in [9.17, 15) is 14.4 Å². The first-order valence-corrected chi connectivity index (χ1v) is 12.5. The van der Waals surface area contributed by atoms with E-state index in [2.05, 4.69) is 15.5 Å². The molecule has 2 aromatic rings. The number of aromatic nitrogens is 2. The number of hydrogen-bond donors (Lipinski definition) is 2. The van der Waals surface area contributed by atoms with Crippen molar-refractivity contribution in [2.75, 3.05) is 27.2 Å². The lowest BCUT2D eigenvalue weighted by molar-refractivity contribution is -0.119. The van der Waals surface area contributed by atoms with Crippen molar-refractivity contribution in [3.05, 3.63) is 20.8 Å². The Morgan fingerprint density at radius 3 is 2.74 bits per heavy atom. The van der Waals surface area contributed by atoms with Crippen LogP contribution in [0.1, 0.15) is 43.6 Å². The molecule has 1 aliphatic rings. The second-order valence-corrected chi connectivity index (χ2v) is 10.4. The average Bonchev–Trinajstić information content (AvgIpc) is 3.08. The highest BCUT2D eigenvalue weighted by molar-refractivity contribution is 8.00. The number of nitrogens with one attached hydrogen (secondary N) is 2. The fourth-order valence-corrected chi connectivity index (χ4v) is 5.92. The molecule has 1 aliphatic carbocycles. The Morgan fingerprint density at radius 2 is 2.03 bits per heavy atom. The Balaban J connectivity index is 1.93. The fraction of sp³-hybridized carbons (Fsp3) is 0.619. The third-order valence-corrected chi connectivity index (χ3v) is 7.53. The third-order valence-electron chi connectivity index (χ3n) is 5.25. The minimum atomic E-state index is -0.568. The predicted octanol–water partition coefficient (Wildman–Crippen LogP) is 2.61.